The van der Waals surface area contributed by atoms with Crippen molar-refractivity contribution < 1.29 is 0 Å². The van der Waals surface area contributed by atoms with Crippen LogP contribution in [0.15, 0.2) is 48.8 Å². The van der Waals surface area contributed by atoms with Crippen molar-refractivity contribution in [2.75, 3.05) is 0 Å². The van der Waals surface area contributed by atoms with Gasteiger partial charge in [-0.2, -0.15) is 0 Å². The summed E-state index contributed by atoms with van der Waals surface area (Å²) in [6.07, 6.45) is 3.73. The van der Waals surface area contributed by atoms with E-state index in [2.05, 4.69) is 52.0 Å². The summed E-state index contributed by atoms with van der Waals surface area (Å²) in [6, 6.07) is 13.1. The predicted molar refractivity (Wildman–Crippen MR) is 144 cm³/mol. The third-order valence-corrected chi connectivity index (χ3v) is 7.18. The molecular weight excluding hydrogens is 499 g/mol. The van der Waals surface area contributed by atoms with Gasteiger partial charge in [-0.1, -0.05) is 46.9 Å². The highest BCUT2D eigenvalue weighted by Crippen LogP contribution is 2.47. The number of hydrogen-bond donors (Lipinski definition) is 0. The molecule has 0 N–H and O–H groups in total. The molecule has 0 saturated carbocycles. The molecule has 5 aromatic rings. The summed E-state index contributed by atoms with van der Waals surface area (Å²) in [5.41, 5.74) is 7.14. The third-order valence-electron chi connectivity index (χ3n) is 5.25. The maximum Gasteiger partial charge on any atom is 0.180 e. The zero-order valence-corrected chi connectivity index (χ0v) is 21.9. The van der Waals surface area contributed by atoms with Gasteiger partial charge in [0, 0.05) is 53.8 Å². The number of halogens is 3. The van der Waals surface area contributed by atoms with Gasteiger partial charge in [0.05, 0.1) is 11.0 Å². The van der Waals surface area contributed by atoms with Gasteiger partial charge >= 0.3 is 0 Å². The first kappa shape index (κ1) is 23.5. The van der Waals surface area contributed by atoms with Gasteiger partial charge in [-0.15, -0.1) is 22.7 Å². The molecule has 0 radical (unpaired) electrons. The van der Waals surface area contributed by atoms with E-state index in [0.717, 1.165) is 11.0 Å². The molecule has 164 valence electrons. The Balaban J connectivity index is 0.000000567. The van der Waals surface area contributed by atoms with Gasteiger partial charge in [0.2, 0.25) is 0 Å². The lowest BCUT2D eigenvalue weighted by Crippen LogP contribution is -1.94. The molecule has 0 spiro atoms. The fraction of sp³-hybridized carbons (Fsp3) is 0.200. The molecule has 0 saturated heterocycles. The molecule has 5 rings (SSSR count). The van der Waals surface area contributed by atoms with Crippen molar-refractivity contribution in [2.45, 2.75) is 32.0 Å². The number of thiophene rings is 2. The second-order valence-electron chi connectivity index (χ2n) is 7.45. The summed E-state index contributed by atoms with van der Waals surface area (Å²) in [6.45, 7) is 8.81. The van der Waals surface area contributed by atoms with Crippen LogP contribution in [0.25, 0.3) is 44.1 Å². The number of aromatic nitrogens is 2. The summed E-state index contributed by atoms with van der Waals surface area (Å²) in [7, 11) is 0. The van der Waals surface area contributed by atoms with Crippen molar-refractivity contribution in [1.82, 2.24) is 9.97 Å². The molecule has 4 aromatic heterocycles. The van der Waals surface area contributed by atoms with Crippen molar-refractivity contribution in [1.29, 1.82) is 0 Å². The quantitative estimate of drug-likeness (QED) is 0.171. The Kier molecular flexibility index (Phi) is 7.09. The fourth-order valence-corrected chi connectivity index (χ4v) is 6.04. The van der Waals surface area contributed by atoms with E-state index in [1.165, 1.54) is 52.5 Å². The maximum absolute atomic E-state index is 4.81. The summed E-state index contributed by atoms with van der Waals surface area (Å²) in [5.74, 6) is 0. The second-order valence-corrected chi connectivity index (χ2v) is 12.4. The van der Waals surface area contributed by atoms with E-state index in [1.54, 1.807) is 0 Å². The predicted octanol–water partition coefficient (Wildman–Crippen LogP) is 9.46. The van der Waals surface area contributed by atoms with Gasteiger partial charge in [0.15, 0.2) is 4.30 Å². The van der Waals surface area contributed by atoms with Crippen molar-refractivity contribution in [3.8, 4) is 22.3 Å². The van der Waals surface area contributed by atoms with Crippen LogP contribution in [0.3, 0.4) is 0 Å². The molecule has 0 amide bonds. The summed E-state index contributed by atoms with van der Waals surface area (Å²) < 4.78 is -0.750. The molecule has 1 aromatic carbocycles. The van der Waals surface area contributed by atoms with Gasteiger partial charge < -0.3 is 0 Å². The van der Waals surface area contributed by atoms with Gasteiger partial charge in [0.1, 0.15) is 0 Å². The summed E-state index contributed by atoms with van der Waals surface area (Å²) in [4.78, 5) is 14.8. The lowest BCUT2D eigenvalue weighted by Gasteiger charge is -2.17. The van der Waals surface area contributed by atoms with Crippen molar-refractivity contribution in [3.63, 3.8) is 0 Å². The van der Waals surface area contributed by atoms with E-state index in [-0.39, 0.29) is 0 Å². The Labute approximate surface area is 210 Å². The van der Waals surface area contributed by atoms with E-state index in [0.29, 0.717) is 0 Å². The molecule has 4 heterocycles. The zero-order chi connectivity index (χ0) is 23.0. The molecule has 32 heavy (non-hydrogen) atoms. The number of pyridine rings is 2. The summed E-state index contributed by atoms with van der Waals surface area (Å²) in [5, 5.41) is 2.35. The Bertz CT molecular complexity index is 1310. The smallest absolute Gasteiger partial charge is 0.180 e. The zero-order valence-electron chi connectivity index (χ0n) is 18.0. The molecule has 0 unspecified atom stereocenters. The van der Waals surface area contributed by atoms with Crippen LogP contribution in [-0.4, -0.2) is 14.3 Å². The average Bonchev–Trinajstić information content (AvgIpc) is 3.25. The number of nitrogens with zero attached hydrogens (tertiary/aromatic N) is 2. The van der Waals surface area contributed by atoms with E-state index in [4.69, 9.17) is 44.8 Å². The normalized spacial score (nSPS) is 11.2. The van der Waals surface area contributed by atoms with Crippen LogP contribution in [0.2, 0.25) is 0 Å². The molecule has 0 bridgehead atoms. The second kappa shape index (κ2) is 9.66. The minimum absolute atomic E-state index is 0.750. The van der Waals surface area contributed by atoms with Crippen molar-refractivity contribution >= 4 is 79.3 Å². The third kappa shape index (κ3) is 4.52. The monoisotopic (exact) mass is 518 g/mol. The van der Waals surface area contributed by atoms with E-state index in [1.807, 2.05) is 47.2 Å². The number of alkyl halides is 3. The van der Waals surface area contributed by atoms with Crippen molar-refractivity contribution in [2.24, 2.45) is 0 Å². The first-order valence-corrected chi connectivity index (χ1v) is 12.9. The van der Waals surface area contributed by atoms with Gasteiger partial charge in [-0.3, -0.25) is 9.97 Å². The van der Waals surface area contributed by atoms with Crippen molar-refractivity contribution in [3.05, 3.63) is 68.3 Å². The first-order valence-electron chi connectivity index (χ1n) is 10.0. The molecule has 2 nitrogen and oxygen atoms in total. The van der Waals surface area contributed by atoms with E-state index in [9.17, 15) is 0 Å². The molecular formula is C25H21Cl3N2S2. The maximum atomic E-state index is 4.81. The van der Waals surface area contributed by atoms with E-state index < -0.39 is 4.30 Å². The highest BCUT2D eigenvalue weighted by Gasteiger charge is 2.22. The number of hydrogen-bond acceptors (Lipinski definition) is 4. The lowest BCUT2D eigenvalue weighted by atomic mass is 9.88. The largest absolute Gasteiger partial charge is 0.254 e. The molecule has 0 aliphatic heterocycles. The highest BCUT2D eigenvalue weighted by molar-refractivity contribution is 7.12. The number of benzene rings is 1. The molecule has 0 atom stereocenters. The van der Waals surface area contributed by atoms with Crippen LogP contribution >= 0.6 is 57.5 Å². The van der Waals surface area contributed by atoms with Crippen LogP contribution in [0.1, 0.15) is 19.5 Å². The molecule has 0 fully saturated rings. The Morgan fingerprint density at radius 1 is 0.688 bits per heavy atom. The highest BCUT2D eigenvalue weighted by atomic mass is 35.6. The molecule has 0 aliphatic carbocycles. The minimum Gasteiger partial charge on any atom is -0.254 e. The van der Waals surface area contributed by atoms with Crippen LogP contribution in [-0.2, 0) is 0 Å². The topological polar surface area (TPSA) is 25.8 Å². The van der Waals surface area contributed by atoms with Crippen LogP contribution in [0.5, 0.6) is 0 Å². The van der Waals surface area contributed by atoms with Crippen LogP contribution in [0.4, 0.5) is 0 Å². The minimum atomic E-state index is -0.750. The van der Waals surface area contributed by atoms with Crippen LogP contribution in [0, 0.1) is 27.7 Å². The number of fused-ring (bicyclic) bond motifs is 3. The van der Waals surface area contributed by atoms with Crippen LogP contribution < -0.4 is 0 Å². The van der Waals surface area contributed by atoms with Gasteiger partial charge in [-0.25, -0.2) is 0 Å². The van der Waals surface area contributed by atoms with Gasteiger partial charge in [-0.05, 0) is 63.1 Å². The summed E-state index contributed by atoms with van der Waals surface area (Å²) >= 11 is 18.1. The van der Waals surface area contributed by atoms with E-state index >= 15 is 0 Å². The Morgan fingerprint density at radius 3 is 1.38 bits per heavy atom. The SMILES string of the molecule is Cc1cc(-c2c(-c3cc(C)sc3C)c3cccnc3c3ncccc23)c(C)s1.ClC(Cl)Cl. The standard InChI is InChI=1S/C24H20N2S2.CHCl3/c1-13-11-19(15(3)27-13)21-17-7-5-9-25-23(17)24-18(8-6-10-26-24)22(21)20-12-14(2)28-16(20)4;2-1(3)4/h5-12H,1-4H3;1H. The molecule has 0 aliphatic rings. The number of aryl methyl sites for hydroxylation is 4. The van der Waals surface area contributed by atoms with Gasteiger partial charge in [0.25, 0.3) is 0 Å². The fourth-order valence-electron chi connectivity index (χ4n) is 4.18. The average molecular weight is 520 g/mol. The Morgan fingerprint density at radius 2 is 1.06 bits per heavy atom. The Hall–Kier alpha value is -1.69. The lowest BCUT2D eigenvalue weighted by molar-refractivity contribution is 1.37. The first-order chi connectivity index (χ1) is 15.3. The number of rotatable bonds is 2. The molecule has 7 heteroatoms.